The summed E-state index contributed by atoms with van der Waals surface area (Å²) in [7, 11) is 2.00. The van der Waals surface area contributed by atoms with E-state index in [1.165, 1.54) is 17.0 Å². The standard InChI is InChI=1S/C17H21N5OS/c1-10-7-8-13(22(10)3)17-21-20-15(23-17)9-18-12-5-4-6-14-16(12)19-11(2)24-14/h7-8,12,18H,4-6,9H2,1-3H3/t12-/m1/s1. The summed E-state index contributed by atoms with van der Waals surface area (Å²) in [6.45, 7) is 4.70. The summed E-state index contributed by atoms with van der Waals surface area (Å²) in [6, 6.07) is 4.34. The van der Waals surface area contributed by atoms with Crippen LogP contribution in [0.1, 0.15) is 46.0 Å². The third-order valence-electron chi connectivity index (χ3n) is 4.62. The van der Waals surface area contributed by atoms with Crippen LogP contribution in [0.25, 0.3) is 11.6 Å². The lowest BCUT2D eigenvalue weighted by molar-refractivity contribution is 0.408. The first-order chi connectivity index (χ1) is 11.6. The zero-order valence-corrected chi connectivity index (χ0v) is 15.0. The predicted octanol–water partition coefficient (Wildman–Crippen LogP) is 3.32. The Kier molecular flexibility index (Phi) is 3.97. The molecule has 0 unspecified atom stereocenters. The van der Waals surface area contributed by atoms with Crippen molar-refractivity contribution in [2.45, 2.75) is 45.7 Å². The quantitative estimate of drug-likeness (QED) is 0.787. The number of fused-ring (bicyclic) bond motifs is 1. The van der Waals surface area contributed by atoms with Crippen molar-refractivity contribution in [2.75, 3.05) is 0 Å². The Labute approximate surface area is 144 Å². The summed E-state index contributed by atoms with van der Waals surface area (Å²) in [5, 5.41) is 13.0. The summed E-state index contributed by atoms with van der Waals surface area (Å²) in [6.07, 6.45) is 3.45. The average molecular weight is 343 g/mol. The lowest BCUT2D eigenvalue weighted by atomic mass is 9.98. The van der Waals surface area contributed by atoms with E-state index in [0.29, 0.717) is 18.3 Å². The number of aromatic nitrogens is 4. The van der Waals surface area contributed by atoms with Gasteiger partial charge in [0.1, 0.15) is 5.69 Å². The Morgan fingerprint density at radius 3 is 3.00 bits per heavy atom. The molecule has 4 rings (SSSR count). The largest absolute Gasteiger partial charge is 0.418 e. The molecule has 0 radical (unpaired) electrons. The maximum Gasteiger partial charge on any atom is 0.264 e. The van der Waals surface area contributed by atoms with Gasteiger partial charge in [0.2, 0.25) is 5.89 Å². The van der Waals surface area contributed by atoms with Crippen LogP contribution in [0.5, 0.6) is 0 Å². The van der Waals surface area contributed by atoms with Gasteiger partial charge in [-0.05, 0) is 45.2 Å². The van der Waals surface area contributed by atoms with Crippen molar-refractivity contribution >= 4 is 11.3 Å². The molecule has 3 aromatic rings. The Balaban J connectivity index is 1.47. The highest BCUT2D eigenvalue weighted by Crippen LogP contribution is 2.33. The van der Waals surface area contributed by atoms with E-state index in [2.05, 4.69) is 33.9 Å². The Morgan fingerprint density at radius 1 is 1.33 bits per heavy atom. The van der Waals surface area contributed by atoms with Crippen LogP contribution in [0.4, 0.5) is 0 Å². The van der Waals surface area contributed by atoms with Crippen molar-refractivity contribution in [1.82, 2.24) is 25.1 Å². The fourth-order valence-corrected chi connectivity index (χ4v) is 4.25. The molecule has 1 aliphatic rings. The number of nitrogens with zero attached hydrogens (tertiary/aromatic N) is 4. The van der Waals surface area contributed by atoms with Crippen LogP contribution in [0.2, 0.25) is 0 Å². The Bertz CT molecular complexity index is 862. The van der Waals surface area contributed by atoms with Gasteiger partial charge in [0, 0.05) is 17.6 Å². The molecule has 7 heteroatoms. The molecule has 0 fully saturated rings. The van der Waals surface area contributed by atoms with Crippen LogP contribution in [0, 0.1) is 13.8 Å². The monoisotopic (exact) mass is 343 g/mol. The second kappa shape index (κ2) is 6.14. The second-order valence-corrected chi connectivity index (χ2v) is 7.57. The summed E-state index contributed by atoms with van der Waals surface area (Å²) in [5.74, 6) is 1.18. The molecule has 1 N–H and O–H groups in total. The van der Waals surface area contributed by atoms with Gasteiger partial charge in [-0.3, -0.25) is 0 Å². The lowest BCUT2D eigenvalue weighted by Crippen LogP contribution is -2.24. The SMILES string of the molecule is Cc1nc2c(s1)CCC[C@H]2NCc1nnc(-c2ccc(C)n2C)o1. The molecule has 0 bridgehead atoms. The van der Waals surface area contributed by atoms with E-state index in [4.69, 9.17) is 9.40 Å². The van der Waals surface area contributed by atoms with Gasteiger partial charge in [-0.15, -0.1) is 21.5 Å². The minimum absolute atomic E-state index is 0.284. The summed E-state index contributed by atoms with van der Waals surface area (Å²) in [5.41, 5.74) is 3.32. The van der Waals surface area contributed by atoms with Crippen molar-refractivity contribution in [2.24, 2.45) is 7.05 Å². The number of thiazole rings is 1. The van der Waals surface area contributed by atoms with E-state index in [1.54, 1.807) is 0 Å². The van der Waals surface area contributed by atoms with E-state index >= 15 is 0 Å². The first-order valence-electron chi connectivity index (χ1n) is 8.26. The van der Waals surface area contributed by atoms with E-state index in [9.17, 15) is 0 Å². The van der Waals surface area contributed by atoms with E-state index in [1.807, 2.05) is 30.5 Å². The maximum atomic E-state index is 5.82. The first kappa shape index (κ1) is 15.5. The topological polar surface area (TPSA) is 68.8 Å². The minimum atomic E-state index is 0.284. The highest BCUT2D eigenvalue weighted by Gasteiger charge is 2.24. The van der Waals surface area contributed by atoms with Crippen LogP contribution >= 0.6 is 11.3 Å². The molecule has 3 heterocycles. The fraction of sp³-hybridized carbons (Fsp3) is 0.471. The van der Waals surface area contributed by atoms with E-state index in [0.717, 1.165) is 29.2 Å². The molecule has 126 valence electrons. The van der Waals surface area contributed by atoms with Crippen molar-refractivity contribution in [3.8, 4) is 11.6 Å². The molecule has 0 saturated heterocycles. The maximum absolute atomic E-state index is 5.82. The molecule has 6 nitrogen and oxygen atoms in total. The molecule has 0 saturated carbocycles. The predicted molar refractivity (Wildman–Crippen MR) is 92.8 cm³/mol. The van der Waals surface area contributed by atoms with Crippen molar-refractivity contribution in [3.05, 3.63) is 39.3 Å². The van der Waals surface area contributed by atoms with Gasteiger partial charge in [-0.2, -0.15) is 0 Å². The van der Waals surface area contributed by atoms with Gasteiger partial charge in [0.15, 0.2) is 0 Å². The van der Waals surface area contributed by atoms with E-state index < -0.39 is 0 Å². The van der Waals surface area contributed by atoms with Gasteiger partial charge in [0.25, 0.3) is 5.89 Å². The van der Waals surface area contributed by atoms with E-state index in [-0.39, 0.29) is 6.04 Å². The van der Waals surface area contributed by atoms with Gasteiger partial charge < -0.3 is 14.3 Å². The summed E-state index contributed by atoms with van der Waals surface area (Å²) < 4.78 is 7.88. The number of nitrogens with one attached hydrogen (secondary N) is 1. The van der Waals surface area contributed by atoms with Crippen molar-refractivity contribution in [3.63, 3.8) is 0 Å². The molecule has 1 aliphatic carbocycles. The highest BCUT2D eigenvalue weighted by atomic mass is 32.1. The van der Waals surface area contributed by atoms with Gasteiger partial charge in [-0.25, -0.2) is 4.98 Å². The van der Waals surface area contributed by atoms with Crippen LogP contribution in [-0.4, -0.2) is 19.7 Å². The lowest BCUT2D eigenvalue weighted by Gasteiger charge is -2.21. The van der Waals surface area contributed by atoms with Crippen molar-refractivity contribution < 1.29 is 4.42 Å². The van der Waals surface area contributed by atoms with Crippen LogP contribution in [0.3, 0.4) is 0 Å². The molecule has 0 aromatic carbocycles. The number of hydrogen-bond acceptors (Lipinski definition) is 6. The molecular formula is C17H21N5OS. The van der Waals surface area contributed by atoms with Gasteiger partial charge in [0.05, 0.1) is 23.3 Å². The normalized spacial score (nSPS) is 17.2. The molecule has 0 amide bonds. The average Bonchev–Trinajstić information content (AvgIpc) is 3.25. The van der Waals surface area contributed by atoms with Crippen LogP contribution in [0.15, 0.2) is 16.5 Å². The first-order valence-corrected chi connectivity index (χ1v) is 9.08. The minimum Gasteiger partial charge on any atom is -0.418 e. The van der Waals surface area contributed by atoms with Crippen molar-refractivity contribution in [1.29, 1.82) is 0 Å². The van der Waals surface area contributed by atoms with Crippen LogP contribution < -0.4 is 5.32 Å². The molecule has 0 aliphatic heterocycles. The molecule has 3 aromatic heterocycles. The second-order valence-electron chi connectivity index (χ2n) is 6.29. The smallest absolute Gasteiger partial charge is 0.264 e. The van der Waals surface area contributed by atoms with Crippen LogP contribution in [-0.2, 0) is 20.0 Å². The zero-order chi connectivity index (χ0) is 16.7. The summed E-state index contributed by atoms with van der Waals surface area (Å²) in [4.78, 5) is 6.12. The third kappa shape index (κ3) is 2.78. The Hall–Kier alpha value is -1.99. The number of rotatable bonds is 4. The number of aryl methyl sites for hydroxylation is 3. The molecule has 24 heavy (non-hydrogen) atoms. The van der Waals surface area contributed by atoms with Gasteiger partial charge in [-0.1, -0.05) is 0 Å². The zero-order valence-electron chi connectivity index (χ0n) is 14.2. The molecular weight excluding hydrogens is 322 g/mol. The highest BCUT2D eigenvalue weighted by molar-refractivity contribution is 7.11. The molecule has 0 spiro atoms. The Morgan fingerprint density at radius 2 is 2.21 bits per heavy atom. The third-order valence-corrected chi connectivity index (χ3v) is 5.67. The summed E-state index contributed by atoms with van der Waals surface area (Å²) >= 11 is 1.82. The number of hydrogen-bond donors (Lipinski definition) is 1. The molecule has 1 atom stereocenters. The van der Waals surface area contributed by atoms with Gasteiger partial charge >= 0.3 is 0 Å². The fourth-order valence-electron chi connectivity index (χ4n) is 3.21.